The molecule has 1 unspecified atom stereocenters. The van der Waals surface area contributed by atoms with Gasteiger partial charge in [-0.2, -0.15) is 0 Å². The summed E-state index contributed by atoms with van der Waals surface area (Å²) >= 11 is 17.7. The third-order valence-corrected chi connectivity index (χ3v) is 4.20. The molecule has 2 nitrogen and oxygen atoms in total. The molecule has 0 bridgehead atoms. The number of allylic oxidation sites excluding steroid dienone is 1. The number of Topliss-reactive ketones (excluding diaryl/α,β-unsaturated/α-hetero) is 1. The average Bonchev–Trinajstić information content (AvgIpc) is 2.47. The van der Waals surface area contributed by atoms with Crippen LogP contribution in [0.5, 0.6) is 5.75 Å². The van der Waals surface area contributed by atoms with Crippen LogP contribution in [0, 0.1) is 5.41 Å². The van der Waals surface area contributed by atoms with Gasteiger partial charge in [0.1, 0.15) is 10.8 Å². The molecule has 1 aliphatic rings. The van der Waals surface area contributed by atoms with Gasteiger partial charge >= 0.3 is 0 Å². The molecule has 18 heavy (non-hydrogen) atoms. The Balaban J connectivity index is 2.55. The maximum Gasteiger partial charge on any atom is 0.171 e. The van der Waals surface area contributed by atoms with Crippen LogP contribution in [0.15, 0.2) is 17.7 Å². The van der Waals surface area contributed by atoms with Crippen molar-refractivity contribution in [2.24, 2.45) is 5.41 Å². The van der Waals surface area contributed by atoms with Crippen molar-refractivity contribution in [3.63, 3.8) is 0 Å². The molecule has 5 heteroatoms. The fourth-order valence-electron chi connectivity index (χ4n) is 2.42. The van der Waals surface area contributed by atoms with Gasteiger partial charge < -0.3 is 5.11 Å². The molecular formula is C13H11Cl3O2. The van der Waals surface area contributed by atoms with E-state index < -0.39 is 5.41 Å². The zero-order chi connectivity index (χ0) is 13.7. The molecule has 0 saturated carbocycles. The Morgan fingerprint density at radius 3 is 2.67 bits per heavy atom. The highest BCUT2D eigenvalue weighted by molar-refractivity contribution is 6.45. The van der Waals surface area contributed by atoms with E-state index in [1.54, 1.807) is 0 Å². The number of ketones is 1. The summed E-state index contributed by atoms with van der Waals surface area (Å²) in [5.41, 5.74) is 0.425. The molecule has 0 heterocycles. The number of aromatic hydroxyl groups is 1. The SMILES string of the molecule is C=C(Cl)CC1(C)Cc2cc(O)c(Cl)c(Cl)c2C1=O. The Morgan fingerprint density at radius 2 is 2.11 bits per heavy atom. The number of benzene rings is 1. The van der Waals surface area contributed by atoms with E-state index in [-0.39, 0.29) is 21.6 Å². The summed E-state index contributed by atoms with van der Waals surface area (Å²) in [4.78, 5) is 12.4. The van der Waals surface area contributed by atoms with E-state index in [1.165, 1.54) is 6.07 Å². The molecule has 96 valence electrons. The summed E-state index contributed by atoms with van der Waals surface area (Å²) < 4.78 is 0. The normalized spacial score (nSPS) is 22.1. The summed E-state index contributed by atoms with van der Waals surface area (Å²) in [6.07, 6.45) is 0.841. The van der Waals surface area contributed by atoms with Gasteiger partial charge in [0.15, 0.2) is 5.78 Å². The molecule has 0 spiro atoms. The van der Waals surface area contributed by atoms with Crippen LogP contribution in [0.1, 0.15) is 29.3 Å². The van der Waals surface area contributed by atoms with Gasteiger partial charge in [0, 0.05) is 16.0 Å². The topological polar surface area (TPSA) is 37.3 Å². The molecular weight excluding hydrogens is 295 g/mol. The van der Waals surface area contributed by atoms with Crippen molar-refractivity contribution in [1.29, 1.82) is 0 Å². The summed E-state index contributed by atoms with van der Waals surface area (Å²) in [5.74, 6) is -0.214. The lowest BCUT2D eigenvalue weighted by atomic mass is 9.82. The summed E-state index contributed by atoms with van der Waals surface area (Å²) in [6.45, 7) is 5.43. The van der Waals surface area contributed by atoms with Crippen LogP contribution >= 0.6 is 34.8 Å². The van der Waals surface area contributed by atoms with Crippen LogP contribution in [0.25, 0.3) is 0 Å². The molecule has 1 aliphatic carbocycles. The molecule has 0 amide bonds. The van der Waals surface area contributed by atoms with Crippen LogP contribution in [0.3, 0.4) is 0 Å². The number of rotatable bonds is 2. The van der Waals surface area contributed by atoms with Gasteiger partial charge in [0.25, 0.3) is 0 Å². The van der Waals surface area contributed by atoms with Gasteiger partial charge in [0.05, 0.1) is 5.02 Å². The van der Waals surface area contributed by atoms with Gasteiger partial charge in [-0.15, -0.1) is 0 Å². The number of halogens is 3. The summed E-state index contributed by atoms with van der Waals surface area (Å²) in [7, 11) is 0. The standard InChI is InChI=1S/C13H11Cl3O2/c1-6(14)4-13(2)5-7-3-8(17)10(15)11(16)9(7)12(13)18/h3,17H,1,4-5H2,2H3. The van der Waals surface area contributed by atoms with Gasteiger partial charge in [-0.25, -0.2) is 0 Å². The Labute approximate surface area is 120 Å². The van der Waals surface area contributed by atoms with E-state index in [4.69, 9.17) is 34.8 Å². The third-order valence-electron chi connectivity index (χ3n) is 3.21. The first-order valence-electron chi connectivity index (χ1n) is 5.34. The van der Waals surface area contributed by atoms with Crippen LogP contribution in [-0.2, 0) is 6.42 Å². The molecule has 0 radical (unpaired) electrons. The number of hydrogen-bond donors (Lipinski definition) is 1. The Bertz CT molecular complexity index is 566. The van der Waals surface area contributed by atoms with Crippen molar-refractivity contribution in [3.05, 3.63) is 38.8 Å². The fourth-order valence-corrected chi connectivity index (χ4v) is 3.17. The summed E-state index contributed by atoms with van der Waals surface area (Å²) in [6, 6.07) is 1.49. The minimum Gasteiger partial charge on any atom is -0.506 e. The molecule has 0 fully saturated rings. The number of phenols is 1. The largest absolute Gasteiger partial charge is 0.506 e. The zero-order valence-corrected chi connectivity index (χ0v) is 12.0. The predicted octanol–water partition coefficient (Wildman–Crippen LogP) is 4.59. The van der Waals surface area contributed by atoms with Crippen molar-refractivity contribution in [2.45, 2.75) is 19.8 Å². The lowest BCUT2D eigenvalue weighted by molar-refractivity contribution is 0.0844. The third kappa shape index (κ3) is 2.03. The molecule has 0 aromatic heterocycles. The van der Waals surface area contributed by atoms with E-state index in [9.17, 15) is 9.90 Å². The van der Waals surface area contributed by atoms with Crippen LogP contribution in [0.4, 0.5) is 0 Å². The second-order valence-corrected chi connectivity index (χ2v) is 6.11. The predicted molar refractivity (Wildman–Crippen MR) is 73.9 cm³/mol. The zero-order valence-electron chi connectivity index (χ0n) is 9.69. The Morgan fingerprint density at radius 1 is 1.50 bits per heavy atom. The van der Waals surface area contributed by atoms with Crippen molar-refractivity contribution in [1.82, 2.24) is 0 Å². The van der Waals surface area contributed by atoms with E-state index in [0.717, 1.165) is 0 Å². The van der Waals surface area contributed by atoms with Crippen LogP contribution < -0.4 is 0 Å². The van der Waals surface area contributed by atoms with Gasteiger partial charge in [-0.3, -0.25) is 4.79 Å². The highest BCUT2D eigenvalue weighted by atomic mass is 35.5. The molecule has 0 aliphatic heterocycles. The fraction of sp³-hybridized carbons (Fsp3) is 0.308. The number of carbonyl (C=O) groups is 1. The minimum atomic E-state index is -0.665. The molecule has 1 aromatic carbocycles. The second-order valence-electron chi connectivity index (χ2n) is 4.82. The highest BCUT2D eigenvalue weighted by Crippen LogP contribution is 2.48. The quantitative estimate of drug-likeness (QED) is 0.868. The smallest absolute Gasteiger partial charge is 0.171 e. The molecule has 1 aromatic rings. The number of phenolic OH excluding ortho intramolecular Hbond substituents is 1. The van der Waals surface area contributed by atoms with E-state index in [1.807, 2.05) is 6.92 Å². The highest BCUT2D eigenvalue weighted by Gasteiger charge is 2.43. The first-order valence-corrected chi connectivity index (χ1v) is 6.47. The van der Waals surface area contributed by atoms with Crippen LogP contribution in [0.2, 0.25) is 10.0 Å². The van der Waals surface area contributed by atoms with Gasteiger partial charge in [0.2, 0.25) is 0 Å². The van der Waals surface area contributed by atoms with Crippen molar-refractivity contribution in [2.75, 3.05) is 0 Å². The minimum absolute atomic E-state index is 0.0118. The van der Waals surface area contributed by atoms with E-state index in [2.05, 4.69) is 6.58 Å². The lowest BCUT2D eigenvalue weighted by Crippen LogP contribution is -2.24. The first-order chi connectivity index (χ1) is 8.26. The number of fused-ring (bicyclic) bond motifs is 1. The monoisotopic (exact) mass is 304 g/mol. The molecule has 2 rings (SSSR count). The Kier molecular flexibility index (Phi) is 3.39. The second kappa shape index (κ2) is 4.44. The van der Waals surface area contributed by atoms with E-state index >= 15 is 0 Å². The van der Waals surface area contributed by atoms with Crippen LogP contribution in [-0.4, -0.2) is 10.9 Å². The lowest BCUT2D eigenvalue weighted by Gasteiger charge is -2.20. The average molecular weight is 306 g/mol. The van der Waals surface area contributed by atoms with Crippen molar-refractivity contribution in [3.8, 4) is 5.75 Å². The van der Waals surface area contributed by atoms with Gasteiger partial charge in [-0.1, -0.05) is 48.3 Å². The maximum absolute atomic E-state index is 12.4. The number of carbonyl (C=O) groups excluding carboxylic acids is 1. The molecule has 1 N–H and O–H groups in total. The maximum atomic E-state index is 12.4. The van der Waals surface area contributed by atoms with Crippen molar-refractivity contribution >= 4 is 40.6 Å². The molecule has 1 atom stereocenters. The van der Waals surface area contributed by atoms with E-state index in [0.29, 0.717) is 29.0 Å². The van der Waals surface area contributed by atoms with Gasteiger partial charge in [-0.05, 0) is 24.5 Å². The van der Waals surface area contributed by atoms with Crippen molar-refractivity contribution < 1.29 is 9.90 Å². The first kappa shape index (κ1) is 13.7. The molecule has 0 saturated heterocycles. The number of hydrogen-bond acceptors (Lipinski definition) is 2. The summed E-state index contributed by atoms with van der Waals surface area (Å²) in [5, 5.41) is 10.2. The Hall–Kier alpha value is -0.700.